The number of sulfonamides is 1. The molecule has 1 amide bonds. The molecule has 2 fully saturated rings. The zero-order valence-corrected chi connectivity index (χ0v) is 16.7. The monoisotopic (exact) mass is 396 g/mol. The molecule has 2 atom stereocenters. The minimum Gasteiger partial charge on any atom is -0.496 e. The summed E-state index contributed by atoms with van der Waals surface area (Å²) < 4.78 is 32.8. The van der Waals surface area contributed by atoms with Gasteiger partial charge in [-0.05, 0) is 43.9 Å². The number of hydrogen-bond acceptors (Lipinski definition) is 5. The molecule has 1 saturated carbocycles. The Bertz CT molecular complexity index is 789. The van der Waals surface area contributed by atoms with E-state index in [1.807, 2.05) is 0 Å². The third-order valence-corrected chi connectivity index (χ3v) is 7.51. The van der Waals surface area contributed by atoms with Gasteiger partial charge in [0.1, 0.15) is 5.75 Å². The van der Waals surface area contributed by atoms with E-state index in [1.165, 1.54) is 36.7 Å². The van der Waals surface area contributed by atoms with Crippen LogP contribution in [0.3, 0.4) is 0 Å². The standard InChI is InChI=1S/C19H28N2O5S/c1-20(16-7-3-4-8-17(16)22)27(24,25)14-9-10-18(26-2)15(13-14)19(23)21-11-5-6-12-21/h9-10,13,16-17,22H,3-8,11-12H2,1-2H3/t16-,17-/m1/s1. The number of methoxy groups -OCH3 is 1. The highest BCUT2D eigenvalue weighted by molar-refractivity contribution is 7.89. The predicted molar refractivity (Wildman–Crippen MR) is 101 cm³/mol. The number of amides is 1. The molecule has 3 rings (SSSR count). The maximum absolute atomic E-state index is 13.1. The lowest BCUT2D eigenvalue weighted by atomic mass is 9.93. The van der Waals surface area contributed by atoms with Crippen LogP contribution in [0.5, 0.6) is 5.75 Å². The summed E-state index contributed by atoms with van der Waals surface area (Å²) in [7, 11) is -0.861. The molecule has 27 heavy (non-hydrogen) atoms. The fourth-order valence-electron chi connectivity index (χ4n) is 3.97. The van der Waals surface area contributed by atoms with E-state index in [4.69, 9.17) is 4.74 Å². The summed E-state index contributed by atoms with van der Waals surface area (Å²) in [5.41, 5.74) is 0.262. The van der Waals surface area contributed by atoms with Gasteiger partial charge in [0.2, 0.25) is 10.0 Å². The molecule has 8 heteroatoms. The van der Waals surface area contributed by atoms with Crippen molar-refractivity contribution in [2.45, 2.75) is 55.6 Å². The number of carbonyl (C=O) groups excluding carboxylic acids is 1. The third kappa shape index (κ3) is 3.97. The molecule has 150 valence electrons. The van der Waals surface area contributed by atoms with Crippen LogP contribution in [-0.4, -0.2) is 68.0 Å². The third-order valence-electron chi connectivity index (χ3n) is 5.63. The van der Waals surface area contributed by atoms with Crippen molar-refractivity contribution in [3.05, 3.63) is 23.8 Å². The van der Waals surface area contributed by atoms with E-state index in [2.05, 4.69) is 0 Å². The maximum atomic E-state index is 13.1. The van der Waals surface area contributed by atoms with E-state index in [0.29, 0.717) is 31.7 Å². The van der Waals surface area contributed by atoms with Crippen LogP contribution in [0, 0.1) is 0 Å². The highest BCUT2D eigenvalue weighted by Gasteiger charge is 2.35. The molecule has 7 nitrogen and oxygen atoms in total. The molecule has 2 aliphatic rings. The molecule has 1 aliphatic heterocycles. The van der Waals surface area contributed by atoms with Crippen molar-refractivity contribution in [1.29, 1.82) is 0 Å². The van der Waals surface area contributed by atoms with E-state index < -0.39 is 22.2 Å². The highest BCUT2D eigenvalue weighted by atomic mass is 32.2. The molecule has 0 spiro atoms. The number of likely N-dealkylation sites (tertiary alicyclic amines) is 1. The number of benzene rings is 1. The Morgan fingerprint density at radius 2 is 1.85 bits per heavy atom. The quantitative estimate of drug-likeness (QED) is 0.821. The summed E-state index contributed by atoms with van der Waals surface area (Å²) in [6, 6.07) is 3.95. The van der Waals surface area contributed by atoms with Crippen molar-refractivity contribution in [2.75, 3.05) is 27.2 Å². The van der Waals surface area contributed by atoms with Gasteiger partial charge in [0.15, 0.2) is 0 Å². The van der Waals surface area contributed by atoms with E-state index in [9.17, 15) is 18.3 Å². The van der Waals surface area contributed by atoms with Crippen LogP contribution in [0.15, 0.2) is 23.1 Å². The van der Waals surface area contributed by atoms with Crippen LogP contribution in [0.1, 0.15) is 48.9 Å². The first-order chi connectivity index (χ1) is 12.9. The molecule has 1 aliphatic carbocycles. The van der Waals surface area contributed by atoms with E-state index in [0.717, 1.165) is 25.7 Å². The predicted octanol–water partition coefficient (Wildman–Crippen LogP) is 1.86. The number of likely N-dealkylation sites (N-methyl/N-ethyl adjacent to an activating group) is 1. The molecular formula is C19H28N2O5S. The fourth-order valence-corrected chi connectivity index (χ4v) is 5.41. The molecule has 0 aromatic heterocycles. The Morgan fingerprint density at radius 1 is 1.19 bits per heavy atom. The summed E-state index contributed by atoms with van der Waals surface area (Å²) in [5.74, 6) is 0.160. The molecule has 0 radical (unpaired) electrons. The fraction of sp³-hybridized carbons (Fsp3) is 0.632. The van der Waals surface area contributed by atoms with Gasteiger partial charge in [0, 0.05) is 20.1 Å². The Balaban J connectivity index is 1.93. The van der Waals surface area contributed by atoms with Crippen LogP contribution >= 0.6 is 0 Å². The first-order valence-electron chi connectivity index (χ1n) is 9.49. The van der Waals surface area contributed by atoms with E-state index in [1.54, 1.807) is 4.90 Å². The number of aliphatic hydroxyl groups excluding tert-OH is 1. The molecule has 1 aromatic carbocycles. The SMILES string of the molecule is COc1ccc(S(=O)(=O)N(C)[C@@H]2CCCC[C@H]2O)cc1C(=O)N1CCCC1. The van der Waals surface area contributed by atoms with Gasteiger partial charge in [-0.1, -0.05) is 12.8 Å². The second kappa shape index (κ2) is 8.16. The minimum absolute atomic E-state index is 0.0473. The van der Waals surface area contributed by atoms with Gasteiger partial charge in [-0.3, -0.25) is 4.79 Å². The highest BCUT2D eigenvalue weighted by Crippen LogP contribution is 2.30. The van der Waals surface area contributed by atoms with Crippen LogP contribution in [0.2, 0.25) is 0 Å². The second-order valence-corrected chi connectivity index (χ2v) is 9.30. The average Bonchev–Trinajstić information content (AvgIpc) is 3.21. The number of carbonyl (C=O) groups is 1. The zero-order valence-electron chi connectivity index (χ0n) is 15.9. The van der Waals surface area contributed by atoms with Crippen molar-refractivity contribution < 1.29 is 23.1 Å². The van der Waals surface area contributed by atoms with Gasteiger partial charge in [-0.25, -0.2) is 8.42 Å². The Labute approximate surface area is 161 Å². The van der Waals surface area contributed by atoms with Crippen molar-refractivity contribution in [2.24, 2.45) is 0 Å². The number of nitrogens with zero attached hydrogens (tertiary/aromatic N) is 2. The zero-order chi connectivity index (χ0) is 19.6. The van der Waals surface area contributed by atoms with Crippen molar-refractivity contribution in [1.82, 2.24) is 9.21 Å². The summed E-state index contributed by atoms with van der Waals surface area (Å²) in [6.07, 6.45) is 4.27. The first kappa shape index (κ1) is 20.1. The van der Waals surface area contributed by atoms with E-state index >= 15 is 0 Å². The Hall–Kier alpha value is -1.64. The van der Waals surface area contributed by atoms with Crippen LogP contribution in [-0.2, 0) is 10.0 Å². The maximum Gasteiger partial charge on any atom is 0.257 e. The van der Waals surface area contributed by atoms with Crippen molar-refractivity contribution >= 4 is 15.9 Å². The van der Waals surface area contributed by atoms with Gasteiger partial charge in [-0.2, -0.15) is 4.31 Å². The van der Waals surface area contributed by atoms with Crippen LogP contribution in [0.25, 0.3) is 0 Å². The average molecular weight is 397 g/mol. The summed E-state index contributed by atoms with van der Waals surface area (Å²) in [5, 5.41) is 10.2. The molecule has 1 saturated heterocycles. The number of aliphatic hydroxyl groups is 1. The Kier molecular flexibility index (Phi) is 6.08. The first-order valence-corrected chi connectivity index (χ1v) is 10.9. The summed E-state index contributed by atoms with van der Waals surface area (Å²) >= 11 is 0. The van der Waals surface area contributed by atoms with Crippen molar-refractivity contribution in [3.8, 4) is 5.75 Å². The molecule has 1 aromatic rings. The van der Waals surface area contributed by atoms with Gasteiger partial charge in [-0.15, -0.1) is 0 Å². The van der Waals surface area contributed by atoms with Crippen LogP contribution < -0.4 is 4.74 Å². The lowest BCUT2D eigenvalue weighted by Crippen LogP contribution is -2.46. The summed E-state index contributed by atoms with van der Waals surface area (Å²) in [4.78, 5) is 14.6. The molecule has 1 N–H and O–H groups in total. The lowest BCUT2D eigenvalue weighted by Gasteiger charge is -2.34. The Morgan fingerprint density at radius 3 is 2.48 bits per heavy atom. The number of rotatable bonds is 5. The topological polar surface area (TPSA) is 87.1 Å². The molecular weight excluding hydrogens is 368 g/mol. The normalized spacial score (nSPS) is 23.6. The van der Waals surface area contributed by atoms with Crippen molar-refractivity contribution in [3.63, 3.8) is 0 Å². The molecule has 1 heterocycles. The number of ether oxygens (including phenoxy) is 1. The van der Waals surface area contributed by atoms with Crippen LogP contribution in [0.4, 0.5) is 0 Å². The van der Waals surface area contributed by atoms with Gasteiger partial charge in [0.25, 0.3) is 5.91 Å². The van der Waals surface area contributed by atoms with Gasteiger partial charge < -0.3 is 14.7 Å². The molecule has 0 bridgehead atoms. The number of hydrogen-bond donors (Lipinski definition) is 1. The van der Waals surface area contributed by atoms with Gasteiger partial charge in [0.05, 0.1) is 29.7 Å². The largest absolute Gasteiger partial charge is 0.496 e. The molecule has 0 unspecified atom stereocenters. The minimum atomic E-state index is -3.83. The summed E-state index contributed by atoms with van der Waals surface area (Å²) in [6.45, 7) is 1.35. The van der Waals surface area contributed by atoms with Gasteiger partial charge >= 0.3 is 0 Å². The second-order valence-electron chi connectivity index (χ2n) is 7.30. The smallest absolute Gasteiger partial charge is 0.257 e. The lowest BCUT2D eigenvalue weighted by molar-refractivity contribution is 0.0638. The van der Waals surface area contributed by atoms with E-state index in [-0.39, 0.29) is 16.4 Å².